The van der Waals surface area contributed by atoms with Crippen molar-refractivity contribution >= 4 is 21.6 Å². The summed E-state index contributed by atoms with van der Waals surface area (Å²) in [4.78, 5) is 14.4. The fraction of sp³-hybridized carbons (Fsp3) is 0.611. The fourth-order valence-corrected chi connectivity index (χ4v) is 5.82. The highest BCUT2D eigenvalue weighted by atomic mass is 32.2. The van der Waals surface area contributed by atoms with Crippen LogP contribution in [0.5, 0.6) is 0 Å². The van der Waals surface area contributed by atoms with Crippen LogP contribution in [0.4, 0.5) is 5.69 Å². The predicted octanol–water partition coefficient (Wildman–Crippen LogP) is 2.48. The zero-order valence-corrected chi connectivity index (χ0v) is 14.8. The minimum absolute atomic E-state index is 0.173. The van der Waals surface area contributed by atoms with E-state index in [0.29, 0.717) is 30.8 Å². The average molecular weight is 348 g/mol. The highest BCUT2D eigenvalue weighted by Gasteiger charge is 2.33. The molecule has 24 heavy (non-hydrogen) atoms. The number of amides is 1. The van der Waals surface area contributed by atoms with Crippen LogP contribution in [-0.2, 0) is 27.7 Å². The van der Waals surface area contributed by atoms with Crippen LogP contribution in [0.25, 0.3) is 0 Å². The Bertz CT molecular complexity index is 747. The monoisotopic (exact) mass is 348 g/mol. The second-order valence-electron chi connectivity index (χ2n) is 7.06. The van der Waals surface area contributed by atoms with E-state index in [2.05, 4.69) is 0 Å². The molecule has 0 unspecified atom stereocenters. The summed E-state index contributed by atoms with van der Waals surface area (Å²) in [6, 6.07) is 3.65. The van der Waals surface area contributed by atoms with Crippen molar-refractivity contribution in [2.24, 2.45) is 0 Å². The topological polar surface area (TPSA) is 57.7 Å². The van der Waals surface area contributed by atoms with E-state index in [9.17, 15) is 13.2 Å². The zero-order chi connectivity index (χ0) is 16.7. The largest absolute Gasteiger partial charge is 0.312 e. The van der Waals surface area contributed by atoms with Crippen LogP contribution < -0.4 is 4.90 Å². The first-order valence-corrected chi connectivity index (χ1v) is 10.5. The molecule has 1 amide bonds. The lowest BCUT2D eigenvalue weighted by Crippen LogP contribution is -2.39. The second kappa shape index (κ2) is 6.15. The van der Waals surface area contributed by atoms with Crippen LogP contribution in [0.3, 0.4) is 0 Å². The maximum Gasteiger partial charge on any atom is 0.243 e. The fourth-order valence-electron chi connectivity index (χ4n) is 4.20. The van der Waals surface area contributed by atoms with Gasteiger partial charge in [-0.3, -0.25) is 4.79 Å². The van der Waals surface area contributed by atoms with Crippen molar-refractivity contribution in [2.75, 3.05) is 24.5 Å². The van der Waals surface area contributed by atoms with Gasteiger partial charge in [-0.2, -0.15) is 4.31 Å². The normalized spacial score (nSPS) is 22.2. The molecule has 130 valence electrons. The molecule has 0 aliphatic carbocycles. The third-order valence-corrected chi connectivity index (χ3v) is 7.33. The number of benzene rings is 1. The summed E-state index contributed by atoms with van der Waals surface area (Å²) in [7, 11) is -3.43. The van der Waals surface area contributed by atoms with Gasteiger partial charge in [0, 0.05) is 26.1 Å². The van der Waals surface area contributed by atoms with Crippen LogP contribution in [0.1, 0.15) is 49.7 Å². The number of hydrogen-bond donors (Lipinski definition) is 0. The van der Waals surface area contributed by atoms with E-state index in [1.165, 1.54) is 0 Å². The molecule has 0 atom stereocenters. The SMILES string of the molecule is O=C1CCc2cc(S(=O)(=O)N3CCCCCC3)cc3c2N1CCC3. The molecule has 0 aromatic heterocycles. The molecule has 3 aliphatic rings. The van der Waals surface area contributed by atoms with E-state index in [4.69, 9.17) is 0 Å². The minimum Gasteiger partial charge on any atom is -0.312 e. The van der Waals surface area contributed by atoms with Crippen LogP contribution in [0.15, 0.2) is 17.0 Å². The smallest absolute Gasteiger partial charge is 0.243 e. The average Bonchev–Trinajstić information content (AvgIpc) is 2.88. The summed E-state index contributed by atoms with van der Waals surface area (Å²) in [5.41, 5.74) is 3.05. The standard InChI is InChI=1S/C18H24N2O3S/c21-17-8-7-15-13-16(12-14-6-5-11-20(17)18(14)15)24(22,23)19-9-3-1-2-4-10-19/h12-13H,1-11H2. The van der Waals surface area contributed by atoms with E-state index in [1.54, 1.807) is 4.31 Å². The van der Waals surface area contributed by atoms with Crippen molar-refractivity contribution in [1.29, 1.82) is 0 Å². The first-order chi connectivity index (χ1) is 11.6. The number of carbonyl (C=O) groups is 1. The summed E-state index contributed by atoms with van der Waals surface area (Å²) in [5, 5.41) is 0. The summed E-state index contributed by atoms with van der Waals surface area (Å²) in [6.45, 7) is 2.01. The van der Waals surface area contributed by atoms with Crippen molar-refractivity contribution in [1.82, 2.24) is 4.31 Å². The Morgan fingerprint density at radius 3 is 2.17 bits per heavy atom. The van der Waals surface area contributed by atoms with E-state index in [0.717, 1.165) is 61.9 Å². The molecule has 1 aromatic rings. The molecule has 0 radical (unpaired) electrons. The molecule has 1 fully saturated rings. The molecule has 0 bridgehead atoms. The number of anilines is 1. The third-order valence-electron chi connectivity index (χ3n) is 5.45. The number of hydrogen-bond acceptors (Lipinski definition) is 3. The van der Waals surface area contributed by atoms with Crippen LogP contribution >= 0.6 is 0 Å². The number of rotatable bonds is 2. The van der Waals surface area contributed by atoms with Crippen LogP contribution in [0.2, 0.25) is 0 Å². The van der Waals surface area contributed by atoms with E-state index < -0.39 is 10.0 Å². The molecule has 4 rings (SSSR count). The first kappa shape index (κ1) is 16.1. The van der Waals surface area contributed by atoms with Gasteiger partial charge in [-0.05, 0) is 55.4 Å². The molecular formula is C18H24N2O3S. The van der Waals surface area contributed by atoms with Gasteiger partial charge < -0.3 is 4.90 Å². The lowest BCUT2D eigenvalue weighted by atomic mass is 9.92. The van der Waals surface area contributed by atoms with Crippen molar-refractivity contribution in [2.45, 2.75) is 56.3 Å². The Hall–Kier alpha value is -1.40. The van der Waals surface area contributed by atoms with Crippen molar-refractivity contribution in [3.8, 4) is 0 Å². The summed E-state index contributed by atoms with van der Waals surface area (Å²) < 4.78 is 27.9. The number of aryl methyl sites for hydroxylation is 2. The Balaban J connectivity index is 1.76. The van der Waals surface area contributed by atoms with Gasteiger partial charge in [0.25, 0.3) is 0 Å². The maximum atomic E-state index is 13.1. The Morgan fingerprint density at radius 2 is 1.46 bits per heavy atom. The summed E-state index contributed by atoms with van der Waals surface area (Å²) in [6.07, 6.45) is 7.01. The highest BCUT2D eigenvalue weighted by Crippen LogP contribution is 2.38. The minimum atomic E-state index is -3.43. The molecular weight excluding hydrogens is 324 g/mol. The number of sulfonamides is 1. The molecule has 6 heteroatoms. The first-order valence-electron chi connectivity index (χ1n) is 9.04. The highest BCUT2D eigenvalue weighted by molar-refractivity contribution is 7.89. The van der Waals surface area contributed by atoms with Crippen molar-refractivity contribution < 1.29 is 13.2 Å². The Morgan fingerprint density at radius 1 is 0.792 bits per heavy atom. The van der Waals surface area contributed by atoms with Gasteiger partial charge in [-0.25, -0.2) is 8.42 Å². The molecule has 0 N–H and O–H groups in total. The number of carbonyl (C=O) groups excluding carboxylic acids is 1. The maximum absolute atomic E-state index is 13.1. The van der Waals surface area contributed by atoms with Gasteiger partial charge in [0.2, 0.25) is 15.9 Å². The van der Waals surface area contributed by atoms with Crippen molar-refractivity contribution in [3.63, 3.8) is 0 Å². The quantitative estimate of drug-likeness (QED) is 0.825. The third kappa shape index (κ3) is 2.65. The van der Waals surface area contributed by atoms with Gasteiger partial charge in [0.05, 0.1) is 10.6 Å². The lowest BCUT2D eigenvalue weighted by Gasteiger charge is -2.35. The summed E-state index contributed by atoms with van der Waals surface area (Å²) in [5.74, 6) is 0.173. The zero-order valence-electron chi connectivity index (χ0n) is 14.0. The predicted molar refractivity (Wildman–Crippen MR) is 92.7 cm³/mol. The molecule has 0 spiro atoms. The lowest BCUT2D eigenvalue weighted by molar-refractivity contribution is -0.119. The van der Waals surface area contributed by atoms with Gasteiger partial charge in [0.1, 0.15) is 0 Å². The van der Waals surface area contributed by atoms with Crippen LogP contribution in [0, 0.1) is 0 Å². The molecule has 5 nitrogen and oxygen atoms in total. The molecule has 1 saturated heterocycles. The van der Waals surface area contributed by atoms with E-state index in [-0.39, 0.29) is 5.91 Å². The Kier molecular flexibility index (Phi) is 4.12. The van der Waals surface area contributed by atoms with Gasteiger partial charge >= 0.3 is 0 Å². The van der Waals surface area contributed by atoms with Gasteiger partial charge in [-0.1, -0.05) is 12.8 Å². The number of nitrogens with zero attached hydrogens (tertiary/aromatic N) is 2. The molecule has 3 aliphatic heterocycles. The van der Waals surface area contributed by atoms with Crippen LogP contribution in [-0.4, -0.2) is 38.3 Å². The molecule has 1 aromatic carbocycles. The second-order valence-corrected chi connectivity index (χ2v) is 9.00. The summed E-state index contributed by atoms with van der Waals surface area (Å²) >= 11 is 0. The van der Waals surface area contributed by atoms with Crippen molar-refractivity contribution in [3.05, 3.63) is 23.3 Å². The van der Waals surface area contributed by atoms with Gasteiger partial charge in [-0.15, -0.1) is 0 Å². The van der Waals surface area contributed by atoms with E-state index >= 15 is 0 Å². The van der Waals surface area contributed by atoms with E-state index in [1.807, 2.05) is 17.0 Å². The Labute approximate surface area is 143 Å². The molecule has 0 saturated carbocycles. The molecule has 3 heterocycles. The van der Waals surface area contributed by atoms with Gasteiger partial charge in [0.15, 0.2) is 0 Å².